The number of aliphatic hydroxyl groups is 1. The van der Waals surface area contributed by atoms with Gasteiger partial charge in [0.1, 0.15) is 0 Å². The minimum atomic E-state index is -0.313. The first-order chi connectivity index (χ1) is 7.15. The zero-order chi connectivity index (χ0) is 10.9. The monoisotopic (exact) mass is 205 g/mol. The van der Waals surface area contributed by atoms with E-state index in [4.69, 9.17) is 0 Å². The molecule has 1 aliphatic rings. The molecule has 1 aromatic rings. The van der Waals surface area contributed by atoms with E-state index in [1.807, 2.05) is 25.1 Å². The third-order valence-corrected chi connectivity index (χ3v) is 3.89. The van der Waals surface area contributed by atoms with E-state index in [9.17, 15) is 5.11 Å². The summed E-state index contributed by atoms with van der Waals surface area (Å²) >= 11 is 0. The second-order valence-electron chi connectivity index (χ2n) is 4.68. The van der Waals surface area contributed by atoms with Gasteiger partial charge in [0.2, 0.25) is 0 Å². The van der Waals surface area contributed by atoms with Crippen LogP contribution in [0.5, 0.6) is 0 Å². The highest BCUT2D eigenvalue weighted by atomic mass is 16.3. The van der Waals surface area contributed by atoms with Crippen LogP contribution in [0.25, 0.3) is 0 Å². The number of hydrogen-bond acceptors (Lipinski definition) is 2. The van der Waals surface area contributed by atoms with Crippen molar-refractivity contribution in [2.45, 2.75) is 25.4 Å². The fourth-order valence-corrected chi connectivity index (χ4v) is 2.33. The average Bonchev–Trinajstić information content (AvgIpc) is 2.16. The van der Waals surface area contributed by atoms with Crippen molar-refractivity contribution >= 4 is 0 Å². The average molecular weight is 205 g/mol. The van der Waals surface area contributed by atoms with Crippen molar-refractivity contribution in [3.05, 3.63) is 35.9 Å². The summed E-state index contributed by atoms with van der Waals surface area (Å²) in [5.74, 6) is 0.542. The van der Waals surface area contributed by atoms with E-state index in [1.165, 1.54) is 5.56 Å². The van der Waals surface area contributed by atoms with Gasteiger partial charge in [0, 0.05) is 18.5 Å². The summed E-state index contributed by atoms with van der Waals surface area (Å²) in [5, 5.41) is 13.3. The maximum atomic E-state index is 10.0. The molecule has 2 atom stereocenters. The van der Waals surface area contributed by atoms with E-state index in [0.29, 0.717) is 5.92 Å². The normalized spacial score (nSPS) is 22.9. The van der Waals surface area contributed by atoms with E-state index < -0.39 is 0 Å². The van der Waals surface area contributed by atoms with E-state index >= 15 is 0 Å². The van der Waals surface area contributed by atoms with Gasteiger partial charge in [-0.25, -0.2) is 0 Å². The summed E-state index contributed by atoms with van der Waals surface area (Å²) in [5.41, 5.74) is 1.12. The molecule has 2 N–H and O–H groups in total. The summed E-state index contributed by atoms with van der Waals surface area (Å²) in [4.78, 5) is 0. The molecule has 2 rings (SSSR count). The Kier molecular flexibility index (Phi) is 2.81. The van der Waals surface area contributed by atoms with Gasteiger partial charge in [0.05, 0.1) is 6.10 Å². The molecule has 1 fully saturated rings. The van der Waals surface area contributed by atoms with Gasteiger partial charge in [-0.15, -0.1) is 0 Å². The molecular weight excluding hydrogens is 186 g/mol. The van der Waals surface area contributed by atoms with E-state index in [2.05, 4.69) is 24.4 Å². The number of benzene rings is 1. The topological polar surface area (TPSA) is 32.3 Å². The Hall–Kier alpha value is -0.860. The van der Waals surface area contributed by atoms with Crippen molar-refractivity contribution in [1.29, 1.82) is 0 Å². The smallest absolute Gasteiger partial charge is 0.0609 e. The Bertz CT molecular complexity index is 319. The third-order valence-electron chi connectivity index (χ3n) is 3.89. The van der Waals surface area contributed by atoms with E-state index in [0.717, 1.165) is 13.1 Å². The van der Waals surface area contributed by atoms with Crippen LogP contribution in [0.4, 0.5) is 0 Å². The maximum Gasteiger partial charge on any atom is 0.0609 e. The minimum absolute atomic E-state index is 0.119. The van der Waals surface area contributed by atoms with Gasteiger partial charge in [-0.1, -0.05) is 37.3 Å². The highest BCUT2D eigenvalue weighted by molar-refractivity contribution is 5.28. The number of rotatable bonds is 3. The van der Waals surface area contributed by atoms with Crippen LogP contribution in [0.3, 0.4) is 0 Å². The molecule has 0 radical (unpaired) electrons. The van der Waals surface area contributed by atoms with Crippen LogP contribution in [-0.2, 0) is 5.41 Å². The van der Waals surface area contributed by atoms with Crippen LogP contribution in [0.15, 0.2) is 30.3 Å². The predicted octanol–water partition coefficient (Wildman–Crippen LogP) is 1.54. The zero-order valence-electron chi connectivity index (χ0n) is 9.40. The molecule has 2 unspecified atom stereocenters. The SMILES string of the molecule is CC(O)C(C)(c1ccccc1)C1CNC1. The molecule has 82 valence electrons. The predicted molar refractivity (Wildman–Crippen MR) is 61.8 cm³/mol. The second kappa shape index (κ2) is 3.95. The molecule has 1 aromatic carbocycles. The lowest BCUT2D eigenvalue weighted by atomic mass is 9.66. The van der Waals surface area contributed by atoms with Gasteiger partial charge in [0.15, 0.2) is 0 Å². The summed E-state index contributed by atoms with van der Waals surface area (Å²) in [7, 11) is 0. The Morgan fingerprint density at radius 1 is 1.33 bits per heavy atom. The molecule has 0 bridgehead atoms. The van der Waals surface area contributed by atoms with Crippen LogP contribution >= 0.6 is 0 Å². The van der Waals surface area contributed by atoms with Crippen molar-refractivity contribution in [3.8, 4) is 0 Å². The Morgan fingerprint density at radius 3 is 2.33 bits per heavy atom. The van der Waals surface area contributed by atoms with Gasteiger partial charge in [-0.05, 0) is 18.4 Å². The van der Waals surface area contributed by atoms with E-state index in [1.54, 1.807) is 0 Å². The largest absolute Gasteiger partial charge is 0.392 e. The van der Waals surface area contributed by atoms with Crippen molar-refractivity contribution in [3.63, 3.8) is 0 Å². The molecule has 2 nitrogen and oxygen atoms in total. The van der Waals surface area contributed by atoms with Gasteiger partial charge >= 0.3 is 0 Å². The Morgan fingerprint density at radius 2 is 1.93 bits per heavy atom. The van der Waals surface area contributed by atoms with Crippen molar-refractivity contribution in [1.82, 2.24) is 5.32 Å². The van der Waals surface area contributed by atoms with E-state index in [-0.39, 0.29) is 11.5 Å². The summed E-state index contributed by atoms with van der Waals surface area (Å²) in [6, 6.07) is 10.3. The first kappa shape index (κ1) is 10.7. The lowest BCUT2D eigenvalue weighted by Gasteiger charge is -2.45. The van der Waals surface area contributed by atoms with Gasteiger partial charge in [0.25, 0.3) is 0 Å². The quantitative estimate of drug-likeness (QED) is 0.784. The molecule has 0 aliphatic carbocycles. The van der Waals surface area contributed by atoms with Crippen molar-refractivity contribution in [2.75, 3.05) is 13.1 Å². The van der Waals surface area contributed by atoms with Gasteiger partial charge in [-0.2, -0.15) is 0 Å². The fourth-order valence-electron chi connectivity index (χ4n) is 2.33. The highest BCUT2D eigenvalue weighted by Crippen LogP contribution is 2.37. The first-order valence-corrected chi connectivity index (χ1v) is 5.60. The molecule has 2 heteroatoms. The number of hydrogen-bond donors (Lipinski definition) is 2. The Labute approximate surface area is 91.3 Å². The molecule has 0 amide bonds. The molecule has 0 saturated carbocycles. The van der Waals surface area contributed by atoms with Gasteiger partial charge < -0.3 is 10.4 Å². The Balaban J connectivity index is 2.34. The van der Waals surface area contributed by atoms with Crippen LogP contribution in [0.1, 0.15) is 19.4 Å². The molecule has 0 aromatic heterocycles. The first-order valence-electron chi connectivity index (χ1n) is 5.60. The summed E-state index contributed by atoms with van der Waals surface area (Å²) in [6.45, 7) is 6.08. The third kappa shape index (κ3) is 1.68. The van der Waals surface area contributed by atoms with Crippen molar-refractivity contribution < 1.29 is 5.11 Å². The van der Waals surface area contributed by atoms with Crippen LogP contribution < -0.4 is 5.32 Å². The molecule has 1 aliphatic heterocycles. The summed E-state index contributed by atoms with van der Waals surface area (Å²) in [6.07, 6.45) is -0.313. The standard InChI is InChI=1S/C13H19NO/c1-10(15)13(2,12-8-14-9-12)11-6-4-3-5-7-11/h3-7,10,12,14-15H,8-9H2,1-2H3. The lowest BCUT2D eigenvalue weighted by molar-refractivity contribution is 0.0449. The van der Waals surface area contributed by atoms with Crippen LogP contribution in [-0.4, -0.2) is 24.3 Å². The fraction of sp³-hybridized carbons (Fsp3) is 0.538. The number of aliphatic hydroxyl groups excluding tert-OH is 1. The lowest BCUT2D eigenvalue weighted by Crippen LogP contribution is -2.56. The molecule has 1 saturated heterocycles. The van der Waals surface area contributed by atoms with Crippen LogP contribution in [0, 0.1) is 5.92 Å². The van der Waals surface area contributed by atoms with Gasteiger partial charge in [-0.3, -0.25) is 0 Å². The highest BCUT2D eigenvalue weighted by Gasteiger charge is 2.42. The minimum Gasteiger partial charge on any atom is -0.392 e. The summed E-state index contributed by atoms with van der Waals surface area (Å²) < 4.78 is 0. The molecule has 0 spiro atoms. The molecule has 15 heavy (non-hydrogen) atoms. The second-order valence-corrected chi connectivity index (χ2v) is 4.68. The molecule has 1 heterocycles. The van der Waals surface area contributed by atoms with Crippen molar-refractivity contribution in [2.24, 2.45) is 5.92 Å². The zero-order valence-corrected chi connectivity index (χ0v) is 9.40. The number of nitrogens with one attached hydrogen (secondary N) is 1. The molecular formula is C13H19NO. The maximum absolute atomic E-state index is 10.0. The van der Waals surface area contributed by atoms with Crippen LogP contribution in [0.2, 0.25) is 0 Å².